The van der Waals surface area contributed by atoms with Crippen molar-refractivity contribution in [3.63, 3.8) is 0 Å². The number of hydrogen-bond acceptors (Lipinski definition) is 2. The lowest BCUT2D eigenvalue weighted by Crippen LogP contribution is -2.24. The van der Waals surface area contributed by atoms with Gasteiger partial charge in [0, 0.05) is 24.2 Å². The van der Waals surface area contributed by atoms with Crippen LogP contribution in [0.2, 0.25) is 0 Å². The van der Waals surface area contributed by atoms with Gasteiger partial charge in [-0.2, -0.15) is 0 Å². The van der Waals surface area contributed by atoms with Crippen LogP contribution in [0.3, 0.4) is 0 Å². The third kappa shape index (κ3) is 4.78. The molecule has 0 spiro atoms. The van der Waals surface area contributed by atoms with Crippen LogP contribution in [-0.2, 0) is 6.54 Å². The summed E-state index contributed by atoms with van der Waals surface area (Å²) >= 11 is 3.41. The van der Waals surface area contributed by atoms with E-state index < -0.39 is 0 Å². The molecular formula is C12H18BrNO. The van der Waals surface area contributed by atoms with E-state index >= 15 is 0 Å². The van der Waals surface area contributed by atoms with Gasteiger partial charge in [-0.25, -0.2) is 0 Å². The summed E-state index contributed by atoms with van der Waals surface area (Å²) in [5.74, 6) is 0.375. The molecule has 0 saturated heterocycles. The van der Waals surface area contributed by atoms with Gasteiger partial charge in [-0.15, -0.1) is 0 Å². The maximum absolute atomic E-state index is 9.01. The second-order valence-corrected chi connectivity index (χ2v) is 4.63. The minimum Gasteiger partial charge on any atom is -0.396 e. The van der Waals surface area contributed by atoms with Crippen molar-refractivity contribution in [1.82, 2.24) is 5.32 Å². The van der Waals surface area contributed by atoms with E-state index in [1.165, 1.54) is 5.56 Å². The van der Waals surface area contributed by atoms with E-state index in [-0.39, 0.29) is 6.61 Å². The predicted octanol–water partition coefficient (Wildman–Crippen LogP) is 2.56. The molecule has 84 valence electrons. The highest BCUT2D eigenvalue weighted by Gasteiger charge is 2.03. The van der Waals surface area contributed by atoms with E-state index in [1.807, 2.05) is 12.1 Å². The predicted molar refractivity (Wildman–Crippen MR) is 66.7 cm³/mol. The van der Waals surface area contributed by atoms with Crippen molar-refractivity contribution >= 4 is 15.9 Å². The maximum Gasteiger partial charge on any atom is 0.0471 e. The fraction of sp³-hybridized carbons (Fsp3) is 0.500. The number of aliphatic hydroxyl groups excluding tert-OH is 1. The first kappa shape index (κ1) is 12.7. The molecule has 0 bridgehead atoms. The molecule has 0 heterocycles. The fourth-order valence-corrected chi connectivity index (χ4v) is 1.63. The third-order valence-corrected chi connectivity index (χ3v) is 3.04. The Labute approximate surface area is 99.8 Å². The van der Waals surface area contributed by atoms with Gasteiger partial charge in [0.25, 0.3) is 0 Å². The highest BCUT2D eigenvalue weighted by molar-refractivity contribution is 9.10. The van der Waals surface area contributed by atoms with Crippen LogP contribution in [0.4, 0.5) is 0 Å². The number of aliphatic hydroxyl groups is 1. The summed E-state index contributed by atoms with van der Waals surface area (Å²) in [7, 11) is 0. The summed E-state index contributed by atoms with van der Waals surface area (Å²) in [6.07, 6.45) is 1.02. The molecule has 3 heteroatoms. The second kappa shape index (κ2) is 6.99. The molecular weight excluding hydrogens is 254 g/mol. The smallest absolute Gasteiger partial charge is 0.0471 e. The second-order valence-electron chi connectivity index (χ2n) is 3.71. The summed E-state index contributed by atoms with van der Waals surface area (Å²) in [6.45, 7) is 4.11. The molecule has 1 rings (SSSR count). The van der Waals surface area contributed by atoms with Crippen molar-refractivity contribution in [2.75, 3.05) is 13.2 Å². The Kier molecular flexibility index (Phi) is 5.91. The Morgan fingerprint density at radius 1 is 1.33 bits per heavy atom. The first-order chi connectivity index (χ1) is 7.26. The number of benzene rings is 1. The Morgan fingerprint density at radius 2 is 2.00 bits per heavy atom. The van der Waals surface area contributed by atoms with Gasteiger partial charge in [0.15, 0.2) is 0 Å². The van der Waals surface area contributed by atoms with Gasteiger partial charge < -0.3 is 10.4 Å². The largest absolute Gasteiger partial charge is 0.396 e. The molecule has 0 aromatic heterocycles. The quantitative estimate of drug-likeness (QED) is 0.834. The summed E-state index contributed by atoms with van der Waals surface area (Å²) in [5.41, 5.74) is 1.27. The number of rotatable bonds is 6. The van der Waals surface area contributed by atoms with E-state index in [0.29, 0.717) is 5.92 Å². The molecule has 0 radical (unpaired) electrons. The lowest BCUT2D eigenvalue weighted by Gasteiger charge is -2.12. The van der Waals surface area contributed by atoms with Crippen LogP contribution in [0, 0.1) is 5.92 Å². The summed E-state index contributed by atoms with van der Waals surface area (Å²) in [6, 6.07) is 8.27. The van der Waals surface area contributed by atoms with Gasteiger partial charge in [0.2, 0.25) is 0 Å². The van der Waals surface area contributed by atoms with Crippen LogP contribution in [0.25, 0.3) is 0 Å². The van der Waals surface area contributed by atoms with E-state index in [9.17, 15) is 0 Å². The normalized spacial score (nSPS) is 12.7. The van der Waals surface area contributed by atoms with Crippen LogP contribution in [-0.4, -0.2) is 18.3 Å². The van der Waals surface area contributed by atoms with Gasteiger partial charge in [-0.3, -0.25) is 0 Å². The van der Waals surface area contributed by atoms with Gasteiger partial charge in [-0.1, -0.05) is 35.0 Å². The van der Waals surface area contributed by atoms with Crippen LogP contribution in [0.5, 0.6) is 0 Å². The molecule has 0 aliphatic carbocycles. The lowest BCUT2D eigenvalue weighted by atomic mass is 10.1. The van der Waals surface area contributed by atoms with Crippen molar-refractivity contribution in [2.45, 2.75) is 19.9 Å². The molecule has 1 atom stereocenters. The highest BCUT2D eigenvalue weighted by atomic mass is 79.9. The summed E-state index contributed by atoms with van der Waals surface area (Å²) in [4.78, 5) is 0. The monoisotopic (exact) mass is 271 g/mol. The zero-order valence-corrected chi connectivity index (χ0v) is 10.6. The average molecular weight is 272 g/mol. The molecule has 1 unspecified atom stereocenters. The van der Waals surface area contributed by atoms with Gasteiger partial charge in [0.05, 0.1) is 0 Å². The number of nitrogens with one attached hydrogen (secondary N) is 1. The van der Waals surface area contributed by atoms with Gasteiger partial charge in [-0.05, 0) is 30.0 Å². The molecule has 1 aromatic carbocycles. The molecule has 0 aliphatic rings. The van der Waals surface area contributed by atoms with Crippen molar-refractivity contribution in [3.8, 4) is 0 Å². The average Bonchev–Trinajstić information content (AvgIpc) is 2.27. The minimum absolute atomic E-state index is 0.268. The van der Waals surface area contributed by atoms with Gasteiger partial charge >= 0.3 is 0 Å². The molecule has 1 aromatic rings. The maximum atomic E-state index is 9.01. The summed E-state index contributed by atoms with van der Waals surface area (Å²) < 4.78 is 1.10. The Morgan fingerprint density at radius 3 is 2.53 bits per heavy atom. The van der Waals surface area contributed by atoms with Crippen LogP contribution >= 0.6 is 15.9 Å². The third-order valence-electron chi connectivity index (χ3n) is 2.51. The standard InChI is InChI=1S/C12H18BrNO/c1-2-10(9-15)7-14-8-11-3-5-12(13)6-4-11/h3-6,10,14-15H,2,7-9H2,1H3. The van der Waals surface area contributed by atoms with Crippen LogP contribution in [0.15, 0.2) is 28.7 Å². The van der Waals surface area contributed by atoms with Crippen molar-refractivity contribution in [2.24, 2.45) is 5.92 Å². The number of hydrogen-bond donors (Lipinski definition) is 2. The van der Waals surface area contributed by atoms with Crippen molar-refractivity contribution < 1.29 is 5.11 Å². The molecule has 15 heavy (non-hydrogen) atoms. The molecule has 2 N–H and O–H groups in total. The van der Waals surface area contributed by atoms with E-state index in [0.717, 1.165) is 24.0 Å². The van der Waals surface area contributed by atoms with Gasteiger partial charge in [0.1, 0.15) is 0 Å². The molecule has 0 fully saturated rings. The van der Waals surface area contributed by atoms with E-state index in [4.69, 9.17) is 5.11 Å². The SMILES string of the molecule is CCC(CO)CNCc1ccc(Br)cc1. The van der Waals surface area contributed by atoms with Crippen LogP contribution < -0.4 is 5.32 Å². The zero-order valence-electron chi connectivity index (χ0n) is 9.04. The zero-order chi connectivity index (χ0) is 11.1. The first-order valence-electron chi connectivity index (χ1n) is 5.32. The Hall–Kier alpha value is -0.380. The molecule has 2 nitrogen and oxygen atoms in total. The van der Waals surface area contributed by atoms with E-state index in [2.05, 4.69) is 40.3 Å². The molecule has 0 saturated carbocycles. The van der Waals surface area contributed by atoms with E-state index in [1.54, 1.807) is 0 Å². The first-order valence-corrected chi connectivity index (χ1v) is 6.11. The Balaban J connectivity index is 2.28. The van der Waals surface area contributed by atoms with Crippen molar-refractivity contribution in [1.29, 1.82) is 0 Å². The van der Waals surface area contributed by atoms with Crippen molar-refractivity contribution in [3.05, 3.63) is 34.3 Å². The minimum atomic E-state index is 0.268. The topological polar surface area (TPSA) is 32.3 Å². The Bertz CT molecular complexity index is 269. The highest BCUT2D eigenvalue weighted by Crippen LogP contribution is 2.10. The number of halogens is 1. The molecule has 0 aliphatic heterocycles. The lowest BCUT2D eigenvalue weighted by molar-refractivity contribution is 0.218. The van der Waals surface area contributed by atoms with Crippen LogP contribution in [0.1, 0.15) is 18.9 Å². The summed E-state index contributed by atoms with van der Waals surface area (Å²) in [5, 5.41) is 12.4. The fourth-order valence-electron chi connectivity index (χ4n) is 1.36. The molecule has 0 amide bonds.